The van der Waals surface area contributed by atoms with Gasteiger partial charge >= 0.3 is 5.97 Å². The zero-order valence-corrected chi connectivity index (χ0v) is 12.6. The van der Waals surface area contributed by atoms with Gasteiger partial charge in [-0.2, -0.15) is 0 Å². The summed E-state index contributed by atoms with van der Waals surface area (Å²) in [5, 5.41) is 7.88. The highest BCUT2D eigenvalue weighted by atomic mass is 16.5. The third-order valence-electron chi connectivity index (χ3n) is 3.22. The minimum Gasteiger partial charge on any atom is -0.469 e. The van der Waals surface area contributed by atoms with E-state index in [9.17, 15) is 9.59 Å². The Hall–Kier alpha value is -2.70. The monoisotopic (exact) mass is 302 g/mol. The summed E-state index contributed by atoms with van der Waals surface area (Å²) in [6.45, 7) is 2.62. The number of carbonyl (C=O) groups is 2. The largest absolute Gasteiger partial charge is 0.469 e. The lowest BCUT2D eigenvalue weighted by atomic mass is 10.3. The molecule has 116 valence electrons. The zero-order chi connectivity index (χ0) is 15.9. The molecule has 1 aromatic heterocycles. The number of amides is 1. The van der Waals surface area contributed by atoms with Crippen molar-refractivity contribution in [2.45, 2.75) is 13.3 Å². The predicted octanol–water partition coefficient (Wildman–Crippen LogP) is 1.29. The Kier molecular flexibility index (Phi) is 5.24. The maximum Gasteiger partial charge on any atom is 0.307 e. The molecule has 0 aliphatic rings. The molecule has 0 atom stereocenters. The van der Waals surface area contributed by atoms with E-state index in [0.29, 0.717) is 13.1 Å². The fraction of sp³-hybridized carbons (Fsp3) is 0.333. The summed E-state index contributed by atoms with van der Waals surface area (Å²) in [4.78, 5) is 25.1. The average Bonchev–Trinajstić information content (AvgIpc) is 3.05. The highest BCUT2D eigenvalue weighted by Crippen LogP contribution is 2.08. The number of benzene rings is 1. The van der Waals surface area contributed by atoms with Gasteiger partial charge in [-0.15, -0.1) is 5.10 Å². The summed E-state index contributed by atoms with van der Waals surface area (Å²) in [5.74, 6) is -0.604. The van der Waals surface area contributed by atoms with Crippen molar-refractivity contribution < 1.29 is 14.3 Å². The van der Waals surface area contributed by atoms with Gasteiger partial charge in [0, 0.05) is 13.1 Å². The normalized spacial score (nSPS) is 10.3. The van der Waals surface area contributed by atoms with Crippen LogP contribution in [0.2, 0.25) is 0 Å². The van der Waals surface area contributed by atoms with Crippen LogP contribution in [0.5, 0.6) is 0 Å². The highest BCUT2D eigenvalue weighted by molar-refractivity contribution is 5.92. The van der Waals surface area contributed by atoms with Gasteiger partial charge in [0.15, 0.2) is 5.69 Å². The minimum absolute atomic E-state index is 0.156. The first-order valence-corrected chi connectivity index (χ1v) is 6.99. The van der Waals surface area contributed by atoms with Gasteiger partial charge < -0.3 is 9.64 Å². The van der Waals surface area contributed by atoms with Crippen LogP contribution < -0.4 is 0 Å². The first-order chi connectivity index (χ1) is 10.7. The molecule has 0 aliphatic carbocycles. The number of rotatable bonds is 6. The molecule has 0 N–H and O–H groups in total. The van der Waals surface area contributed by atoms with Crippen LogP contribution in [-0.2, 0) is 9.53 Å². The van der Waals surface area contributed by atoms with Crippen LogP contribution >= 0.6 is 0 Å². The van der Waals surface area contributed by atoms with Gasteiger partial charge in [0.2, 0.25) is 0 Å². The molecular weight excluding hydrogens is 284 g/mol. The zero-order valence-electron chi connectivity index (χ0n) is 12.6. The molecule has 1 heterocycles. The molecule has 1 amide bonds. The Balaban J connectivity index is 2.08. The van der Waals surface area contributed by atoms with Gasteiger partial charge in [0.1, 0.15) is 0 Å². The molecule has 1 aromatic carbocycles. The summed E-state index contributed by atoms with van der Waals surface area (Å²) in [6, 6.07) is 9.41. The van der Waals surface area contributed by atoms with Gasteiger partial charge in [0.05, 0.1) is 25.4 Å². The van der Waals surface area contributed by atoms with Crippen molar-refractivity contribution in [3.8, 4) is 5.69 Å². The topological polar surface area (TPSA) is 77.3 Å². The number of carbonyl (C=O) groups excluding carboxylic acids is 2. The lowest BCUT2D eigenvalue weighted by Gasteiger charge is -2.18. The van der Waals surface area contributed by atoms with Crippen LogP contribution in [0.25, 0.3) is 5.69 Å². The van der Waals surface area contributed by atoms with Crippen LogP contribution in [0.15, 0.2) is 36.5 Å². The molecule has 0 unspecified atom stereocenters. The fourth-order valence-electron chi connectivity index (χ4n) is 1.96. The van der Waals surface area contributed by atoms with E-state index in [-0.39, 0.29) is 24.0 Å². The summed E-state index contributed by atoms with van der Waals surface area (Å²) >= 11 is 0. The Morgan fingerprint density at radius 2 is 2.00 bits per heavy atom. The first-order valence-electron chi connectivity index (χ1n) is 6.99. The molecule has 7 heteroatoms. The number of hydrogen-bond acceptors (Lipinski definition) is 5. The molecule has 0 fully saturated rings. The van der Waals surface area contributed by atoms with Crippen LogP contribution in [0.1, 0.15) is 23.8 Å². The highest BCUT2D eigenvalue weighted by Gasteiger charge is 2.19. The number of para-hydroxylation sites is 1. The SMILES string of the molecule is CCN(CCC(=O)OC)C(=O)c1cn(-c2ccccc2)nn1. The van der Waals surface area contributed by atoms with Gasteiger partial charge in [-0.05, 0) is 19.1 Å². The van der Waals surface area contributed by atoms with Crippen LogP contribution in [0.3, 0.4) is 0 Å². The molecule has 22 heavy (non-hydrogen) atoms. The Labute approximate surface area is 128 Å². The van der Waals surface area contributed by atoms with Crippen molar-refractivity contribution in [1.82, 2.24) is 19.9 Å². The van der Waals surface area contributed by atoms with Crippen molar-refractivity contribution in [3.63, 3.8) is 0 Å². The molecular formula is C15H18N4O3. The Morgan fingerprint density at radius 3 is 2.64 bits per heavy atom. The summed E-state index contributed by atoms with van der Waals surface area (Å²) in [7, 11) is 1.33. The molecule has 7 nitrogen and oxygen atoms in total. The Morgan fingerprint density at radius 1 is 1.27 bits per heavy atom. The molecule has 0 spiro atoms. The van der Waals surface area contributed by atoms with E-state index >= 15 is 0 Å². The van der Waals surface area contributed by atoms with Gasteiger partial charge in [-0.25, -0.2) is 4.68 Å². The van der Waals surface area contributed by atoms with E-state index in [4.69, 9.17) is 0 Å². The Bertz CT molecular complexity index is 639. The number of ether oxygens (including phenoxy) is 1. The molecule has 0 bridgehead atoms. The minimum atomic E-state index is -0.348. The quantitative estimate of drug-likeness (QED) is 0.751. The van der Waals surface area contributed by atoms with E-state index in [1.54, 1.807) is 10.9 Å². The predicted molar refractivity (Wildman–Crippen MR) is 79.6 cm³/mol. The number of aromatic nitrogens is 3. The second kappa shape index (κ2) is 7.35. The van der Waals surface area contributed by atoms with E-state index in [0.717, 1.165) is 5.69 Å². The molecule has 0 aliphatic heterocycles. The maximum absolute atomic E-state index is 12.4. The second-order valence-corrected chi connectivity index (χ2v) is 4.59. The van der Waals surface area contributed by atoms with E-state index in [1.165, 1.54) is 12.0 Å². The maximum atomic E-state index is 12.4. The number of esters is 1. The van der Waals surface area contributed by atoms with Crippen molar-refractivity contribution in [2.75, 3.05) is 20.2 Å². The van der Waals surface area contributed by atoms with Crippen molar-refractivity contribution in [3.05, 3.63) is 42.2 Å². The average molecular weight is 302 g/mol. The molecule has 0 radical (unpaired) electrons. The second-order valence-electron chi connectivity index (χ2n) is 4.59. The molecule has 2 aromatic rings. The number of hydrogen-bond donors (Lipinski definition) is 0. The van der Waals surface area contributed by atoms with E-state index in [1.807, 2.05) is 37.3 Å². The van der Waals surface area contributed by atoms with E-state index < -0.39 is 0 Å². The number of methoxy groups -OCH3 is 1. The summed E-state index contributed by atoms with van der Waals surface area (Å²) in [6.07, 6.45) is 1.74. The smallest absolute Gasteiger partial charge is 0.307 e. The van der Waals surface area contributed by atoms with Gasteiger partial charge in [-0.3, -0.25) is 9.59 Å². The van der Waals surface area contributed by atoms with Gasteiger partial charge in [-0.1, -0.05) is 23.4 Å². The lowest BCUT2D eigenvalue weighted by Crippen LogP contribution is -2.33. The lowest BCUT2D eigenvalue weighted by molar-refractivity contribution is -0.140. The van der Waals surface area contributed by atoms with Crippen LogP contribution in [0.4, 0.5) is 0 Å². The van der Waals surface area contributed by atoms with Crippen molar-refractivity contribution in [1.29, 1.82) is 0 Å². The van der Waals surface area contributed by atoms with E-state index in [2.05, 4.69) is 15.0 Å². The fourth-order valence-corrected chi connectivity index (χ4v) is 1.96. The molecule has 0 saturated carbocycles. The van der Waals surface area contributed by atoms with Crippen LogP contribution in [-0.4, -0.2) is 52.0 Å². The van der Waals surface area contributed by atoms with Crippen molar-refractivity contribution >= 4 is 11.9 Å². The molecule has 0 saturated heterocycles. The van der Waals surface area contributed by atoms with Crippen LogP contribution in [0, 0.1) is 0 Å². The summed E-state index contributed by atoms with van der Waals surface area (Å²) < 4.78 is 6.13. The first kappa shape index (κ1) is 15.7. The third kappa shape index (κ3) is 3.69. The molecule has 2 rings (SSSR count). The van der Waals surface area contributed by atoms with Gasteiger partial charge in [0.25, 0.3) is 5.91 Å². The summed E-state index contributed by atoms with van der Waals surface area (Å²) in [5.41, 5.74) is 1.07. The standard InChI is InChI=1S/C15H18N4O3/c1-3-18(10-9-14(20)22-2)15(21)13-11-19(17-16-13)12-7-5-4-6-8-12/h4-8,11H,3,9-10H2,1-2H3. The number of nitrogens with zero attached hydrogens (tertiary/aromatic N) is 4. The third-order valence-corrected chi connectivity index (χ3v) is 3.22. The van der Waals surface area contributed by atoms with Crippen molar-refractivity contribution in [2.24, 2.45) is 0 Å².